The Bertz CT molecular complexity index is 745. The van der Waals surface area contributed by atoms with Gasteiger partial charge < -0.3 is 10.7 Å². The molecule has 0 fully saturated rings. The maximum Gasteiger partial charge on any atom is 0.151 e. The summed E-state index contributed by atoms with van der Waals surface area (Å²) >= 11 is 16.7. The molecular formula is C16H18Cl4N7Y-. The van der Waals surface area contributed by atoms with Gasteiger partial charge in [0.15, 0.2) is 5.15 Å². The molecule has 7 nitrogen and oxygen atoms in total. The van der Waals surface area contributed by atoms with Crippen LogP contribution in [0.4, 0.5) is 0 Å². The molecule has 0 saturated carbocycles. The van der Waals surface area contributed by atoms with Gasteiger partial charge in [0.2, 0.25) is 0 Å². The maximum atomic E-state index is 5.65. The molecule has 0 aliphatic carbocycles. The zero-order valence-corrected chi connectivity index (χ0v) is 20.9. The number of hydrogen-bond donors (Lipinski definition) is 1. The van der Waals surface area contributed by atoms with E-state index in [0.717, 1.165) is 12.1 Å². The fraction of sp³-hybridized carbons (Fsp3) is 0.188. The molecule has 0 saturated heterocycles. The summed E-state index contributed by atoms with van der Waals surface area (Å²) in [6, 6.07) is 0. The zero-order chi connectivity index (χ0) is 19.4. The normalized spacial score (nSPS) is 8.75. The molecule has 0 aromatic carbocycles. The molecule has 28 heavy (non-hydrogen) atoms. The van der Waals surface area contributed by atoms with Crippen LogP contribution in [0.15, 0.2) is 37.2 Å². The molecule has 3 aromatic heterocycles. The summed E-state index contributed by atoms with van der Waals surface area (Å²) < 4.78 is 0. The number of nitrogens with two attached hydrogens (primary N) is 1. The van der Waals surface area contributed by atoms with Crippen LogP contribution in [0.1, 0.15) is 24.0 Å². The Hall–Kier alpha value is -0.666. The van der Waals surface area contributed by atoms with E-state index in [2.05, 4.69) is 36.8 Å². The molecule has 3 heterocycles. The summed E-state index contributed by atoms with van der Waals surface area (Å²) in [5, 5.41) is 1.27. The van der Waals surface area contributed by atoms with Gasteiger partial charge in [-0.05, 0) is 6.42 Å². The summed E-state index contributed by atoms with van der Waals surface area (Å²) in [5.41, 5.74) is 7.28. The summed E-state index contributed by atoms with van der Waals surface area (Å²) in [7, 11) is 0. The molecule has 0 aliphatic rings. The van der Waals surface area contributed by atoms with E-state index >= 15 is 0 Å². The predicted octanol–water partition coefficient (Wildman–Crippen LogP) is 4.01. The predicted molar refractivity (Wildman–Crippen MR) is 110 cm³/mol. The minimum absolute atomic E-state index is 0. The van der Waals surface area contributed by atoms with Gasteiger partial charge in [0.25, 0.3) is 0 Å². The quantitative estimate of drug-likeness (QED) is 0.492. The molecule has 1 radical (unpaired) electrons. The molecule has 0 bridgehead atoms. The molecule has 0 aliphatic heterocycles. The summed E-state index contributed by atoms with van der Waals surface area (Å²) in [4.78, 5) is 23.0. The Balaban J connectivity index is 0. The third-order valence-corrected chi connectivity index (χ3v) is 3.64. The van der Waals surface area contributed by atoms with E-state index in [1.54, 1.807) is 24.8 Å². The Morgan fingerprint density at radius 1 is 0.750 bits per heavy atom. The average molecular weight is 539 g/mol. The van der Waals surface area contributed by atoms with E-state index in [4.69, 9.17) is 40.5 Å². The standard InChI is InChI=1S/C6H7ClN2.C5H6ClN3.C5H4ClN2.ClH.Y/c1-2-5-6(7)9-4-3-8-5;6-5-4(3-7)8-1-2-9-5;1-4-5(6)8-3-2-7-4;;/h3-4H,2H2,1H3;1-2H,3,7H2;2-3H,1H2;1H;/q;;-1;;. The fourth-order valence-corrected chi connectivity index (χ4v) is 1.95. The number of nitrogens with zero attached hydrogens (tertiary/aromatic N) is 6. The van der Waals surface area contributed by atoms with Crippen LogP contribution in [0, 0.1) is 6.92 Å². The molecule has 0 unspecified atom stereocenters. The first-order chi connectivity index (χ1) is 12.5. The smallest absolute Gasteiger partial charge is 0.151 e. The Morgan fingerprint density at radius 2 is 1.14 bits per heavy atom. The van der Waals surface area contributed by atoms with E-state index in [1.165, 1.54) is 12.4 Å². The number of aromatic nitrogens is 6. The molecule has 2 N–H and O–H groups in total. The Morgan fingerprint density at radius 3 is 1.39 bits per heavy atom. The Labute approximate surface area is 210 Å². The SMILES string of the molecule is CCc1nccnc1Cl.Cl.NCc1nccnc1Cl.[CH2-]c1nccnc1Cl.[Y]. The van der Waals surface area contributed by atoms with Crippen LogP contribution < -0.4 is 5.73 Å². The van der Waals surface area contributed by atoms with Crippen molar-refractivity contribution in [2.45, 2.75) is 19.9 Å². The van der Waals surface area contributed by atoms with Gasteiger partial charge in [-0.1, -0.05) is 35.8 Å². The van der Waals surface area contributed by atoms with Gasteiger partial charge in [0, 0.05) is 81.6 Å². The maximum absolute atomic E-state index is 5.65. The number of hydrogen-bond acceptors (Lipinski definition) is 7. The van der Waals surface area contributed by atoms with Crippen molar-refractivity contribution in [1.82, 2.24) is 29.9 Å². The van der Waals surface area contributed by atoms with E-state index in [9.17, 15) is 0 Å². The van der Waals surface area contributed by atoms with Crippen molar-refractivity contribution in [1.29, 1.82) is 0 Å². The van der Waals surface area contributed by atoms with Crippen molar-refractivity contribution in [3.63, 3.8) is 0 Å². The Kier molecular flexibility index (Phi) is 18.2. The number of aryl methyl sites for hydroxylation is 1. The molecule has 149 valence electrons. The van der Waals surface area contributed by atoms with Gasteiger partial charge in [-0.3, -0.25) is 15.0 Å². The number of halogens is 4. The monoisotopic (exact) mass is 537 g/mol. The van der Waals surface area contributed by atoms with Gasteiger partial charge in [0.1, 0.15) is 5.15 Å². The first-order valence-corrected chi connectivity index (χ1v) is 8.52. The van der Waals surface area contributed by atoms with Crippen molar-refractivity contribution in [3.05, 3.63) is 76.6 Å². The van der Waals surface area contributed by atoms with Crippen LogP contribution in [0.5, 0.6) is 0 Å². The van der Waals surface area contributed by atoms with Crippen LogP contribution in [0.25, 0.3) is 0 Å². The van der Waals surface area contributed by atoms with Crippen molar-refractivity contribution in [2.24, 2.45) is 5.73 Å². The van der Waals surface area contributed by atoms with Crippen molar-refractivity contribution < 1.29 is 32.7 Å². The van der Waals surface area contributed by atoms with Crippen LogP contribution in [-0.4, -0.2) is 29.9 Å². The van der Waals surface area contributed by atoms with Crippen LogP contribution in [0.3, 0.4) is 0 Å². The van der Waals surface area contributed by atoms with Crippen LogP contribution in [0.2, 0.25) is 15.5 Å². The van der Waals surface area contributed by atoms with Gasteiger partial charge in [-0.2, -0.15) is 11.6 Å². The largest absolute Gasteiger partial charge is 0.336 e. The van der Waals surface area contributed by atoms with E-state index in [0.29, 0.717) is 33.4 Å². The van der Waals surface area contributed by atoms with Crippen molar-refractivity contribution in [2.75, 3.05) is 0 Å². The molecule has 0 atom stereocenters. The second-order valence-corrected chi connectivity index (χ2v) is 5.51. The van der Waals surface area contributed by atoms with Gasteiger partial charge in [-0.15, -0.1) is 12.4 Å². The third kappa shape index (κ3) is 11.4. The summed E-state index contributed by atoms with van der Waals surface area (Å²) in [6.07, 6.45) is 10.2. The summed E-state index contributed by atoms with van der Waals surface area (Å²) in [6.45, 7) is 5.85. The first-order valence-electron chi connectivity index (χ1n) is 7.38. The minimum atomic E-state index is 0. The molecular weight excluding hydrogens is 521 g/mol. The van der Waals surface area contributed by atoms with Gasteiger partial charge in [0.05, 0.1) is 11.4 Å². The fourth-order valence-electron chi connectivity index (χ4n) is 1.42. The molecule has 0 spiro atoms. The van der Waals surface area contributed by atoms with Gasteiger partial charge in [-0.25, -0.2) is 16.9 Å². The second-order valence-electron chi connectivity index (χ2n) is 4.44. The van der Waals surface area contributed by atoms with Crippen LogP contribution >= 0.6 is 47.2 Å². The van der Waals surface area contributed by atoms with E-state index < -0.39 is 0 Å². The van der Waals surface area contributed by atoms with Gasteiger partial charge >= 0.3 is 0 Å². The van der Waals surface area contributed by atoms with E-state index in [-0.39, 0.29) is 45.1 Å². The molecule has 12 heteroatoms. The van der Waals surface area contributed by atoms with E-state index in [1.807, 2.05) is 6.92 Å². The second kappa shape index (κ2) is 17.2. The first kappa shape index (κ1) is 29.5. The van der Waals surface area contributed by atoms with Crippen molar-refractivity contribution >= 4 is 47.2 Å². The molecule has 3 rings (SSSR count). The average Bonchev–Trinajstić information content (AvgIpc) is 2.66. The summed E-state index contributed by atoms with van der Waals surface area (Å²) in [5.74, 6) is 0. The minimum Gasteiger partial charge on any atom is -0.336 e. The third-order valence-electron chi connectivity index (χ3n) is 2.70. The molecule has 0 amide bonds. The molecule has 3 aromatic rings. The topological polar surface area (TPSA) is 103 Å². The number of rotatable bonds is 2. The zero-order valence-electron chi connectivity index (χ0n) is 15.0. The van der Waals surface area contributed by atoms with Crippen molar-refractivity contribution in [3.8, 4) is 0 Å². The van der Waals surface area contributed by atoms with Crippen LogP contribution in [-0.2, 0) is 45.7 Å².